The summed E-state index contributed by atoms with van der Waals surface area (Å²) in [5, 5.41) is 3.27. The number of hydrogen-bond acceptors (Lipinski definition) is 7. The number of nitrogens with one attached hydrogen (secondary N) is 1. The van der Waals surface area contributed by atoms with E-state index < -0.39 is 0 Å². The van der Waals surface area contributed by atoms with Gasteiger partial charge in [-0.1, -0.05) is 0 Å². The van der Waals surface area contributed by atoms with Crippen LogP contribution in [0.2, 0.25) is 0 Å². The molecule has 1 N–H and O–H groups in total. The molecule has 1 atom stereocenters. The molecule has 1 saturated heterocycles. The molecule has 1 unspecified atom stereocenters. The molecule has 5 heterocycles. The van der Waals surface area contributed by atoms with Crippen LogP contribution in [0.25, 0.3) is 22.4 Å². The quantitative estimate of drug-likeness (QED) is 0.524. The zero-order valence-electron chi connectivity index (χ0n) is 16.8. The van der Waals surface area contributed by atoms with E-state index in [1.165, 1.54) is 6.39 Å². The highest BCUT2D eigenvalue weighted by Crippen LogP contribution is 2.44. The van der Waals surface area contributed by atoms with E-state index in [-0.39, 0.29) is 12.0 Å². The van der Waals surface area contributed by atoms with Crippen molar-refractivity contribution < 1.29 is 13.9 Å². The third kappa shape index (κ3) is 2.99. The molecule has 6 rings (SSSR count). The maximum atomic E-state index is 12.1. The van der Waals surface area contributed by atoms with E-state index in [1.807, 2.05) is 48.4 Å². The van der Waals surface area contributed by atoms with Crippen molar-refractivity contribution in [3.05, 3.63) is 54.7 Å². The number of carbonyl (C=O) groups is 1. The normalized spacial score (nSPS) is 17.4. The first-order valence-electron chi connectivity index (χ1n) is 10.2. The molecule has 4 aromatic rings. The predicted molar refractivity (Wildman–Crippen MR) is 115 cm³/mol. The fraction of sp³-hybridized carbons (Fsp3) is 0.217. The lowest BCUT2D eigenvalue weighted by Crippen LogP contribution is -2.24. The van der Waals surface area contributed by atoms with Crippen molar-refractivity contribution in [2.24, 2.45) is 0 Å². The van der Waals surface area contributed by atoms with E-state index in [1.54, 1.807) is 6.20 Å². The lowest BCUT2D eigenvalue weighted by atomic mass is 9.94. The number of nitrogens with zero attached hydrogens (tertiary/aromatic N) is 4. The van der Waals surface area contributed by atoms with Crippen LogP contribution in [0.4, 0.5) is 17.2 Å². The fourth-order valence-electron chi connectivity index (χ4n) is 4.25. The molecule has 0 bridgehead atoms. The number of carbonyl (C=O) groups excluding carboxylic acids is 1. The van der Waals surface area contributed by atoms with E-state index in [4.69, 9.17) is 9.15 Å². The van der Waals surface area contributed by atoms with Gasteiger partial charge in [-0.2, -0.15) is 4.98 Å². The molecule has 154 valence electrons. The van der Waals surface area contributed by atoms with Gasteiger partial charge in [0.15, 0.2) is 17.6 Å². The van der Waals surface area contributed by atoms with Crippen LogP contribution in [-0.2, 0) is 4.79 Å². The van der Waals surface area contributed by atoms with Crippen molar-refractivity contribution >= 4 is 34.3 Å². The highest BCUT2D eigenvalue weighted by atomic mass is 16.5. The van der Waals surface area contributed by atoms with Crippen molar-refractivity contribution in [1.29, 1.82) is 0 Å². The lowest BCUT2D eigenvalue weighted by Gasteiger charge is -2.28. The minimum atomic E-state index is -0.148. The van der Waals surface area contributed by atoms with Gasteiger partial charge in [-0.15, -0.1) is 0 Å². The van der Waals surface area contributed by atoms with Gasteiger partial charge in [0.1, 0.15) is 17.7 Å². The van der Waals surface area contributed by atoms with Gasteiger partial charge in [-0.3, -0.25) is 4.79 Å². The summed E-state index contributed by atoms with van der Waals surface area (Å²) in [5.41, 5.74) is 5.89. The second-order valence-corrected chi connectivity index (χ2v) is 7.77. The Kier molecular flexibility index (Phi) is 3.92. The molecule has 0 spiro atoms. The van der Waals surface area contributed by atoms with Crippen LogP contribution in [0.5, 0.6) is 5.75 Å². The fourth-order valence-corrected chi connectivity index (χ4v) is 4.25. The number of pyridine rings is 2. The van der Waals surface area contributed by atoms with E-state index in [0.29, 0.717) is 23.5 Å². The molecule has 0 radical (unpaired) electrons. The molecule has 1 aromatic carbocycles. The Morgan fingerprint density at radius 3 is 2.90 bits per heavy atom. The summed E-state index contributed by atoms with van der Waals surface area (Å²) in [5.74, 6) is 1.64. The van der Waals surface area contributed by atoms with Crippen LogP contribution in [0, 0.1) is 0 Å². The zero-order chi connectivity index (χ0) is 20.9. The predicted octanol–water partition coefficient (Wildman–Crippen LogP) is 4.61. The maximum Gasteiger partial charge on any atom is 0.227 e. The Morgan fingerprint density at radius 2 is 2.03 bits per heavy atom. The van der Waals surface area contributed by atoms with Crippen LogP contribution < -0.4 is 15.0 Å². The molecular formula is C23H19N5O3. The average Bonchev–Trinajstić information content (AvgIpc) is 3.42. The summed E-state index contributed by atoms with van der Waals surface area (Å²) in [6.07, 6.45) is 6.29. The van der Waals surface area contributed by atoms with Crippen molar-refractivity contribution in [3.63, 3.8) is 0 Å². The first kappa shape index (κ1) is 17.9. The maximum absolute atomic E-state index is 12.1. The monoisotopic (exact) mass is 413 g/mol. The standard InChI is InChI=1S/C23H19N5O3/c1-13-17-9-21(27-14-7-20-23(25-10-14)26-12-30-20)24-11-18(17)16-5-4-15(8-19(16)31-13)28-6-2-3-22(28)29/h4-5,7-13H,2-3,6H2,1H3,(H,24,27). The highest BCUT2D eigenvalue weighted by molar-refractivity contribution is 5.96. The molecule has 8 heteroatoms. The average molecular weight is 413 g/mol. The molecule has 2 aliphatic heterocycles. The molecule has 1 fully saturated rings. The zero-order valence-corrected chi connectivity index (χ0v) is 16.8. The van der Waals surface area contributed by atoms with Crippen LogP contribution in [0.15, 0.2) is 53.5 Å². The van der Waals surface area contributed by atoms with Crippen LogP contribution in [0.3, 0.4) is 0 Å². The summed E-state index contributed by atoms with van der Waals surface area (Å²) in [7, 11) is 0. The minimum absolute atomic E-state index is 0.148. The van der Waals surface area contributed by atoms with Gasteiger partial charge < -0.3 is 19.4 Å². The van der Waals surface area contributed by atoms with Gasteiger partial charge in [-0.05, 0) is 31.5 Å². The number of ether oxygens (including phenoxy) is 1. The van der Waals surface area contributed by atoms with Gasteiger partial charge in [0.25, 0.3) is 0 Å². The SMILES string of the molecule is CC1Oc2cc(N3CCCC3=O)ccc2-c2cnc(Nc3cnc4ncoc4c3)cc21. The second kappa shape index (κ2) is 6.80. The first-order valence-corrected chi connectivity index (χ1v) is 10.2. The van der Waals surface area contributed by atoms with Crippen LogP contribution in [-0.4, -0.2) is 27.4 Å². The largest absolute Gasteiger partial charge is 0.485 e. The number of benzene rings is 1. The van der Waals surface area contributed by atoms with Gasteiger partial charge in [-0.25, -0.2) is 9.97 Å². The smallest absolute Gasteiger partial charge is 0.227 e. The number of oxazole rings is 1. The Hall–Kier alpha value is -3.94. The third-order valence-corrected chi connectivity index (χ3v) is 5.78. The Labute approximate surface area is 177 Å². The lowest BCUT2D eigenvalue weighted by molar-refractivity contribution is -0.117. The van der Waals surface area contributed by atoms with Gasteiger partial charge in [0.2, 0.25) is 5.91 Å². The first-order chi connectivity index (χ1) is 15.2. The molecule has 0 saturated carbocycles. The number of aromatic nitrogens is 3. The molecule has 1 amide bonds. The Balaban J connectivity index is 1.33. The third-order valence-electron chi connectivity index (χ3n) is 5.78. The molecule has 0 aliphatic carbocycles. The van der Waals surface area contributed by atoms with Gasteiger partial charge in [0.05, 0.1) is 11.9 Å². The number of amides is 1. The topological polar surface area (TPSA) is 93.4 Å². The Morgan fingerprint density at radius 1 is 1.10 bits per heavy atom. The van der Waals surface area contributed by atoms with Crippen LogP contribution >= 0.6 is 0 Å². The Bertz CT molecular complexity index is 1330. The molecule has 31 heavy (non-hydrogen) atoms. The summed E-state index contributed by atoms with van der Waals surface area (Å²) >= 11 is 0. The highest BCUT2D eigenvalue weighted by Gasteiger charge is 2.27. The van der Waals surface area contributed by atoms with E-state index >= 15 is 0 Å². The summed E-state index contributed by atoms with van der Waals surface area (Å²) in [4.78, 5) is 26.8. The van der Waals surface area contributed by atoms with E-state index in [0.717, 1.165) is 46.8 Å². The summed E-state index contributed by atoms with van der Waals surface area (Å²) in [6, 6.07) is 9.79. The van der Waals surface area contributed by atoms with Crippen molar-refractivity contribution in [3.8, 4) is 16.9 Å². The molecule has 3 aromatic heterocycles. The minimum Gasteiger partial charge on any atom is -0.485 e. The summed E-state index contributed by atoms with van der Waals surface area (Å²) in [6.45, 7) is 2.77. The second-order valence-electron chi connectivity index (χ2n) is 7.77. The van der Waals surface area contributed by atoms with Crippen molar-refractivity contribution in [1.82, 2.24) is 15.0 Å². The summed E-state index contributed by atoms with van der Waals surface area (Å²) < 4.78 is 11.5. The van der Waals surface area contributed by atoms with Crippen LogP contribution in [0.1, 0.15) is 31.4 Å². The molecular weight excluding hydrogens is 394 g/mol. The van der Waals surface area contributed by atoms with Crippen molar-refractivity contribution in [2.75, 3.05) is 16.8 Å². The number of rotatable bonds is 3. The van der Waals surface area contributed by atoms with E-state index in [2.05, 4.69) is 20.3 Å². The number of anilines is 3. The molecule has 8 nitrogen and oxygen atoms in total. The number of fused-ring (bicyclic) bond motifs is 4. The van der Waals surface area contributed by atoms with Gasteiger partial charge >= 0.3 is 0 Å². The van der Waals surface area contributed by atoms with Crippen molar-refractivity contribution in [2.45, 2.75) is 25.9 Å². The number of hydrogen-bond donors (Lipinski definition) is 1. The van der Waals surface area contributed by atoms with Gasteiger partial charge in [0, 0.05) is 53.7 Å². The van der Waals surface area contributed by atoms with E-state index in [9.17, 15) is 4.79 Å². The molecule has 2 aliphatic rings.